The summed E-state index contributed by atoms with van der Waals surface area (Å²) in [5.74, 6) is 0.820. The molecule has 1 unspecified atom stereocenters. The predicted octanol–water partition coefficient (Wildman–Crippen LogP) is 3.16. The molecule has 0 amide bonds. The molecule has 1 aromatic carbocycles. The van der Waals surface area contributed by atoms with Crippen molar-refractivity contribution in [3.05, 3.63) is 29.8 Å². The highest BCUT2D eigenvalue weighted by Gasteiger charge is 2.02. The zero-order valence-corrected chi connectivity index (χ0v) is 11.2. The molecular formula is C13H19BrO2. The third-order valence-electron chi connectivity index (χ3n) is 2.36. The average Bonchev–Trinajstić information content (AvgIpc) is 2.34. The topological polar surface area (TPSA) is 29.5 Å². The summed E-state index contributed by atoms with van der Waals surface area (Å²) in [4.78, 5) is 0. The van der Waals surface area contributed by atoms with Crippen molar-refractivity contribution in [1.82, 2.24) is 0 Å². The van der Waals surface area contributed by atoms with Crippen LogP contribution in [0.1, 0.15) is 25.3 Å². The molecule has 0 aliphatic rings. The Morgan fingerprint density at radius 1 is 1.31 bits per heavy atom. The summed E-state index contributed by atoms with van der Waals surface area (Å²) in [6.07, 6.45) is 3.12. The first-order chi connectivity index (χ1) is 7.76. The average molecular weight is 287 g/mol. The first-order valence-corrected chi connectivity index (χ1v) is 6.84. The van der Waals surface area contributed by atoms with E-state index in [1.165, 1.54) is 18.4 Å². The first kappa shape index (κ1) is 13.5. The Kier molecular flexibility index (Phi) is 6.50. The molecule has 1 atom stereocenters. The number of aliphatic hydroxyl groups is 1. The molecule has 1 rings (SSSR count). The summed E-state index contributed by atoms with van der Waals surface area (Å²) in [5, 5.41) is 9.86. The van der Waals surface area contributed by atoms with Crippen LogP contribution in [0.15, 0.2) is 24.3 Å². The second-order valence-electron chi connectivity index (χ2n) is 3.87. The van der Waals surface area contributed by atoms with E-state index in [4.69, 9.17) is 4.74 Å². The molecule has 90 valence electrons. The maximum Gasteiger partial charge on any atom is 0.119 e. The van der Waals surface area contributed by atoms with Crippen molar-refractivity contribution in [3.63, 3.8) is 0 Å². The van der Waals surface area contributed by atoms with Gasteiger partial charge < -0.3 is 9.84 Å². The van der Waals surface area contributed by atoms with Gasteiger partial charge >= 0.3 is 0 Å². The van der Waals surface area contributed by atoms with Crippen LogP contribution in [0.25, 0.3) is 0 Å². The van der Waals surface area contributed by atoms with Gasteiger partial charge in [0.1, 0.15) is 12.4 Å². The summed E-state index contributed by atoms with van der Waals surface area (Å²) in [5.41, 5.74) is 1.34. The SMILES string of the molecule is CCCCc1ccc(OCC(O)CBr)cc1. The van der Waals surface area contributed by atoms with E-state index in [0.29, 0.717) is 11.9 Å². The van der Waals surface area contributed by atoms with Gasteiger partial charge in [0.25, 0.3) is 0 Å². The summed E-state index contributed by atoms with van der Waals surface area (Å²) in [6.45, 7) is 2.53. The number of hydrogen-bond donors (Lipinski definition) is 1. The van der Waals surface area contributed by atoms with Gasteiger partial charge in [0.05, 0.1) is 6.10 Å². The second kappa shape index (κ2) is 7.69. The molecule has 16 heavy (non-hydrogen) atoms. The van der Waals surface area contributed by atoms with Gasteiger partial charge in [-0.2, -0.15) is 0 Å². The molecule has 2 nitrogen and oxygen atoms in total. The number of alkyl halides is 1. The second-order valence-corrected chi connectivity index (χ2v) is 4.51. The fourth-order valence-electron chi connectivity index (χ4n) is 1.37. The monoisotopic (exact) mass is 286 g/mol. The number of aliphatic hydroxyl groups excluding tert-OH is 1. The largest absolute Gasteiger partial charge is 0.491 e. The summed E-state index contributed by atoms with van der Waals surface area (Å²) >= 11 is 3.20. The summed E-state index contributed by atoms with van der Waals surface area (Å²) < 4.78 is 5.44. The number of ether oxygens (including phenoxy) is 1. The maximum atomic E-state index is 9.32. The zero-order chi connectivity index (χ0) is 11.8. The van der Waals surface area contributed by atoms with E-state index >= 15 is 0 Å². The first-order valence-electron chi connectivity index (χ1n) is 5.72. The van der Waals surface area contributed by atoms with Crippen LogP contribution in [-0.4, -0.2) is 23.1 Å². The van der Waals surface area contributed by atoms with Gasteiger partial charge in [-0.15, -0.1) is 0 Å². The third kappa shape index (κ3) is 4.99. The van der Waals surface area contributed by atoms with E-state index in [1.807, 2.05) is 12.1 Å². The predicted molar refractivity (Wildman–Crippen MR) is 70.3 cm³/mol. The molecule has 0 heterocycles. The van der Waals surface area contributed by atoms with Crippen molar-refractivity contribution in [2.75, 3.05) is 11.9 Å². The summed E-state index contributed by atoms with van der Waals surface area (Å²) in [6, 6.07) is 8.11. The van der Waals surface area contributed by atoms with Crippen molar-refractivity contribution in [2.24, 2.45) is 0 Å². The lowest BCUT2D eigenvalue weighted by Gasteiger charge is -2.10. The molecule has 0 fully saturated rings. The highest BCUT2D eigenvalue weighted by atomic mass is 79.9. The van der Waals surface area contributed by atoms with E-state index in [2.05, 4.69) is 35.0 Å². The number of aryl methyl sites for hydroxylation is 1. The third-order valence-corrected chi connectivity index (χ3v) is 3.11. The Hall–Kier alpha value is -0.540. The highest BCUT2D eigenvalue weighted by molar-refractivity contribution is 9.09. The lowest BCUT2D eigenvalue weighted by atomic mass is 10.1. The van der Waals surface area contributed by atoms with Crippen LogP contribution in [0, 0.1) is 0 Å². The minimum absolute atomic E-state index is 0.333. The van der Waals surface area contributed by atoms with Gasteiger partial charge in [-0.1, -0.05) is 41.4 Å². The molecule has 1 aromatic rings. The molecule has 0 aliphatic carbocycles. The smallest absolute Gasteiger partial charge is 0.119 e. The van der Waals surface area contributed by atoms with Gasteiger partial charge in [0, 0.05) is 5.33 Å². The Labute approximate surface area is 106 Å². The van der Waals surface area contributed by atoms with Crippen molar-refractivity contribution in [2.45, 2.75) is 32.3 Å². The maximum absolute atomic E-state index is 9.32. The highest BCUT2D eigenvalue weighted by Crippen LogP contribution is 2.14. The van der Waals surface area contributed by atoms with Crippen LogP contribution in [0.5, 0.6) is 5.75 Å². The van der Waals surface area contributed by atoms with Crippen molar-refractivity contribution in [3.8, 4) is 5.75 Å². The molecular weight excluding hydrogens is 268 g/mol. The van der Waals surface area contributed by atoms with Crippen molar-refractivity contribution < 1.29 is 9.84 Å². The van der Waals surface area contributed by atoms with Crippen LogP contribution in [0.2, 0.25) is 0 Å². The lowest BCUT2D eigenvalue weighted by Crippen LogP contribution is -2.18. The van der Waals surface area contributed by atoms with Gasteiger partial charge in [-0.3, -0.25) is 0 Å². The summed E-state index contributed by atoms with van der Waals surface area (Å²) in [7, 11) is 0. The van der Waals surface area contributed by atoms with Crippen LogP contribution >= 0.6 is 15.9 Å². The van der Waals surface area contributed by atoms with Gasteiger partial charge in [-0.05, 0) is 30.5 Å². The van der Waals surface area contributed by atoms with Crippen LogP contribution in [0.4, 0.5) is 0 Å². The number of halogens is 1. The van der Waals surface area contributed by atoms with E-state index in [9.17, 15) is 5.11 Å². The van der Waals surface area contributed by atoms with Crippen LogP contribution < -0.4 is 4.74 Å². The number of unbranched alkanes of at least 4 members (excludes halogenated alkanes) is 1. The fourth-order valence-corrected chi connectivity index (χ4v) is 1.56. The molecule has 0 aliphatic heterocycles. The number of rotatable bonds is 7. The lowest BCUT2D eigenvalue weighted by molar-refractivity contribution is 0.127. The Morgan fingerprint density at radius 2 is 2.00 bits per heavy atom. The zero-order valence-electron chi connectivity index (χ0n) is 9.66. The minimum Gasteiger partial charge on any atom is -0.491 e. The molecule has 3 heteroatoms. The molecule has 1 N–H and O–H groups in total. The van der Waals surface area contributed by atoms with Gasteiger partial charge in [0.2, 0.25) is 0 Å². The van der Waals surface area contributed by atoms with Crippen LogP contribution in [0.3, 0.4) is 0 Å². The van der Waals surface area contributed by atoms with E-state index in [0.717, 1.165) is 12.2 Å². The van der Waals surface area contributed by atoms with Gasteiger partial charge in [-0.25, -0.2) is 0 Å². The molecule has 0 spiro atoms. The molecule has 0 radical (unpaired) electrons. The standard InChI is InChI=1S/C13H19BrO2/c1-2-3-4-11-5-7-13(8-6-11)16-10-12(15)9-14/h5-8,12,15H,2-4,9-10H2,1H3. The Balaban J connectivity index is 2.38. The number of hydrogen-bond acceptors (Lipinski definition) is 2. The van der Waals surface area contributed by atoms with E-state index in [-0.39, 0.29) is 0 Å². The number of benzene rings is 1. The normalized spacial score (nSPS) is 12.4. The Morgan fingerprint density at radius 3 is 2.56 bits per heavy atom. The fraction of sp³-hybridized carbons (Fsp3) is 0.538. The molecule has 0 bridgehead atoms. The Bertz CT molecular complexity index is 284. The quantitative estimate of drug-likeness (QED) is 0.781. The van der Waals surface area contributed by atoms with E-state index in [1.54, 1.807) is 0 Å². The van der Waals surface area contributed by atoms with Crippen molar-refractivity contribution in [1.29, 1.82) is 0 Å². The minimum atomic E-state index is -0.445. The van der Waals surface area contributed by atoms with Crippen molar-refractivity contribution >= 4 is 15.9 Å². The van der Waals surface area contributed by atoms with Crippen LogP contribution in [-0.2, 0) is 6.42 Å². The molecule has 0 saturated heterocycles. The molecule has 0 aromatic heterocycles. The molecule has 0 saturated carbocycles. The van der Waals surface area contributed by atoms with Gasteiger partial charge in [0.15, 0.2) is 0 Å². The van der Waals surface area contributed by atoms with E-state index < -0.39 is 6.10 Å².